The summed E-state index contributed by atoms with van der Waals surface area (Å²) in [5.74, 6) is 0. The van der Waals surface area contributed by atoms with Gasteiger partial charge in [0, 0.05) is 7.11 Å². The zero-order valence-electron chi connectivity index (χ0n) is 4.59. The van der Waals surface area contributed by atoms with Crippen LogP contribution in [0.3, 0.4) is 0 Å². The third kappa shape index (κ3) is 1.96. The minimum atomic E-state index is -1.29. The molecule has 3 nitrogen and oxygen atoms in total. The third-order valence-electron chi connectivity index (χ3n) is 0.838. The molecule has 2 N–H and O–H groups in total. The van der Waals surface area contributed by atoms with E-state index in [-0.39, 0.29) is 13.2 Å². The van der Waals surface area contributed by atoms with E-state index in [0.717, 1.165) is 0 Å². The highest BCUT2D eigenvalue weighted by Crippen LogP contribution is 2.12. The van der Waals surface area contributed by atoms with Crippen molar-refractivity contribution in [3.8, 4) is 0 Å². The fourth-order valence-corrected chi connectivity index (χ4v) is 0.179. The van der Waals surface area contributed by atoms with Crippen molar-refractivity contribution in [2.24, 2.45) is 0 Å². The van der Waals surface area contributed by atoms with Crippen LogP contribution in [0.25, 0.3) is 0 Å². The van der Waals surface area contributed by atoms with Crippen molar-refractivity contribution in [2.75, 3.05) is 20.3 Å². The summed E-state index contributed by atoms with van der Waals surface area (Å²) in [5, 5.41) is 15.4. The van der Waals surface area contributed by atoms with Crippen LogP contribution in [-0.4, -0.2) is 35.6 Å². The molecule has 0 radical (unpaired) electrons. The first-order valence-corrected chi connectivity index (χ1v) is 2.52. The van der Waals surface area contributed by atoms with E-state index in [1.54, 1.807) is 0 Å². The van der Waals surface area contributed by atoms with Crippen LogP contribution in [0.4, 0.5) is 0 Å². The van der Waals surface area contributed by atoms with Gasteiger partial charge in [0.15, 0.2) is 5.06 Å². The minimum Gasteiger partial charge on any atom is -0.392 e. The van der Waals surface area contributed by atoms with E-state index >= 15 is 0 Å². The molecular weight excluding hydrogens is 131 g/mol. The van der Waals surface area contributed by atoms with Crippen LogP contribution in [0, 0.1) is 0 Å². The molecular formula is C4H9ClO3. The average Bonchev–Trinajstić information content (AvgIpc) is 1.87. The highest BCUT2D eigenvalue weighted by atomic mass is 35.5. The predicted octanol–water partition coefficient (Wildman–Crippen LogP) is -0.448. The lowest BCUT2D eigenvalue weighted by atomic mass is 10.4. The summed E-state index contributed by atoms with van der Waals surface area (Å²) in [6, 6.07) is 0. The van der Waals surface area contributed by atoms with Crippen LogP contribution in [0.15, 0.2) is 0 Å². The van der Waals surface area contributed by atoms with Gasteiger partial charge in [0.05, 0.1) is 13.2 Å². The second-order valence-electron chi connectivity index (χ2n) is 1.40. The molecule has 0 atom stereocenters. The maximum atomic E-state index is 8.37. The molecule has 0 spiro atoms. The molecule has 0 amide bonds. The maximum Gasteiger partial charge on any atom is 0.186 e. The number of ether oxygens (including phenoxy) is 1. The van der Waals surface area contributed by atoms with E-state index in [1.807, 2.05) is 0 Å². The Morgan fingerprint density at radius 3 is 1.88 bits per heavy atom. The third-order valence-corrected chi connectivity index (χ3v) is 1.23. The number of aliphatic hydroxyl groups excluding tert-OH is 2. The monoisotopic (exact) mass is 140 g/mol. The maximum absolute atomic E-state index is 8.37. The Hall–Kier alpha value is 0.170. The summed E-state index contributed by atoms with van der Waals surface area (Å²) in [7, 11) is 1.32. The zero-order valence-corrected chi connectivity index (χ0v) is 5.35. The van der Waals surface area contributed by atoms with Gasteiger partial charge in [-0.2, -0.15) is 0 Å². The van der Waals surface area contributed by atoms with Crippen molar-refractivity contribution in [2.45, 2.75) is 5.06 Å². The number of hydrogen-bond acceptors (Lipinski definition) is 3. The lowest BCUT2D eigenvalue weighted by Gasteiger charge is -2.18. The Balaban J connectivity index is 3.58. The molecule has 0 aliphatic carbocycles. The SMILES string of the molecule is COC(Cl)(CO)CO. The van der Waals surface area contributed by atoms with Crippen LogP contribution in [0.2, 0.25) is 0 Å². The van der Waals surface area contributed by atoms with Gasteiger partial charge < -0.3 is 14.9 Å². The highest BCUT2D eigenvalue weighted by molar-refractivity contribution is 6.23. The van der Waals surface area contributed by atoms with Crippen LogP contribution < -0.4 is 0 Å². The van der Waals surface area contributed by atoms with Gasteiger partial charge in [-0.15, -0.1) is 0 Å². The van der Waals surface area contributed by atoms with E-state index in [1.165, 1.54) is 7.11 Å². The Kier molecular flexibility index (Phi) is 3.31. The standard InChI is InChI=1S/C4H9ClO3/c1-8-4(5,2-6)3-7/h6-7H,2-3H2,1H3. The smallest absolute Gasteiger partial charge is 0.186 e. The quantitative estimate of drug-likeness (QED) is 0.523. The number of alkyl halides is 1. The van der Waals surface area contributed by atoms with Crippen molar-refractivity contribution in [3.05, 3.63) is 0 Å². The zero-order chi connectivity index (χ0) is 6.62. The molecule has 0 saturated carbocycles. The van der Waals surface area contributed by atoms with Gasteiger partial charge >= 0.3 is 0 Å². The van der Waals surface area contributed by atoms with Crippen LogP contribution in [-0.2, 0) is 4.74 Å². The van der Waals surface area contributed by atoms with Gasteiger partial charge in [-0.05, 0) is 0 Å². The molecule has 4 heteroatoms. The van der Waals surface area contributed by atoms with E-state index in [2.05, 4.69) is 4.74 Å². The van der Waals surface area contributed by atoms with Gasteiger partial charge in [-0.3, -0.25) is 0 Å². The summed E-state index contributed by atoms with van der Waals surface area (Å²) in [4.78, 5) is 0. The van der Waals surface area contributed by atoms with Crippen molar-refractivity contribution >= 4 is 11.6 Å². The first-order chi connectivity index (χ1) is 3.68. The Morgan fingerprint density at radius 1 is 1.50 bits per heavy atom. The van der Waals surface area contributed by atoms with Gasteiger partial charge in [0.1, 0.15) is 0 Å². The van der Waals surface area contributed by atoms with Gasteiger partial charge in [-0.25, -0.2) is 0 Å². The Labute approximate surface area is 52.8 Å². The topological polar surface area (TPSA) is 49.7 Å². The van der Waals surface area contributed by atoms with Gasteiger partial charge in [-0.1, -0.05) is 11.6 Å². The molecule has 50 valence electrons. The van der Waals surface area contributed by atoms with E-state index < -0.39 is 5.06 Å². The van der Waals surface area contributed by atoms with Crippen molar-refractivity contribution in [3.63, 3.8) is 0 Å². The summed E-state index contributed by atoms with van der Waals surface area (Å²) >= 11 is 5.37. The first-order valence-electron chi connectivity index (χ1n) is 2.14. The molecule has 0 aliphatic rings. The molecule has 0 aromatic heterocycles. The van der Waals surface area contributed by atoms with Crippen molar-refractivity contribution in [1.29, 1.82) is 0 Å². The number of hydrogen-bond donors (Lipinski definition) is 2. The van der Waals surface area contributed by atoms with Crippen LogP contribution >= 0.6 is 11.6 Å². The molecule has 0 heterocycles. The fraction of sp³-hybridized carbons (Fsp3) is 1.00. The molecule has 0 unspecified atom stereocenters. The Morgan fingerprint density at radius 2 is 1.88 bits per heavy atom. The highest BCUT2D eigenvalue weighted by Gasteiger charge is 2.23. The molecule has 0 aromatic rings. The minimum absolute atomic E-state index is 0.387. The molecule has 0 saturated heterocycles. The Bertz CT molecular complexity index is 54.0. The summed E-state index contributed by atoms with van der Waals surface area (Å²) in [6.07, 6.45) is 0. The van der Waals surface area contributed by atoms with E-state index in [0.29, 0.717) is 0 Å². The summed E-state index contributed by atoms with van der Waals surface area (Å²) in [5.41, 5.74) is 0. The average molecular weight is 141 g/mol. The first kappa shape index (κ1) is 8.17. The number of methoxy groups -OCH3 is 1. The molecule has 0 aromatic carbocycles. The van der Waals surface area contributed by atoms with E-state index in [4.69, 9.17) is 21.8 Å². The normalized spacial score (nSPS) is 12.0. The molecule has 0 bridgehead atoms. The van der Waals surface area contributed by atoms with Gasteiger partial charge in [0.25, 0.3) is 0 Å². The fourth-order valence-electron chi connectivity index (χ4n) is 0.179. The van der Waals surface area contributed by atoms with Crippen LogP contribution in [0.5, 0.6) is 0 Å². The van der Waals surface area contributed by atoms with Crippen molar-refractivity contribution < 1.29 is 14.9 Å². The predicted molar refractivity (Wildman–Crippen MR) is 29.8 cm³/mol. The molecule has 8 heavy (non-hydrogen) atoms. The largest absolute Gasteiger partial charge is 0.392 e. The molecule has 0 rings (SSSR count). The summed E-state index contributed by atoms with van der Waals surface area (Å²) < 4.78 is 4.50. The van der Waals surface area contributed by atoms with Crippen LogP contribution in [0.1, 0.15) is 0 Å². The lowest BCUT2D eigenvalue weighted by Crippen LogP contribution is -2.32. The summed E-state index contributed by atoms with van der Waals surface area (Å²) in [6.45, 7) is -0.775. The lowest BCUT2D eigenvalue weighted by molar-refractivity contribution is -0.0237. The number of aliphatic hydroxyl groups is 2. The number of halogens is 1. The van der Waals surface area contributed by atoms with Crippen molar-refractivity contribution in [1.82, 2.24) is 0 Å². The number of rotatable bonds is 3. The van der Waals surface area contributed by atoms with Gasteiger partial charge in [0.2, 0.25) is 0 Å². The van der Waals surface area contributed by atoms with E-state index in [9.17, 15) is 0 Å². The second-order valence-corrected chi connectivity index (χ2v) is 2.09. The molecule has 0 fully saturated rings. The molecule has 0 aliphatic heterocycles. The second kappa shape index (κ2) is 3.25.